The molecule has 4 fully saturated rings. The molecule has 2 saturated heterocycles. The fourth-order valence-electron chi connectivity index (χ4n) is 4.42. The molecule has 4 atom stereocenters. The second kappa shape index (κ2) is 3.49. The molecule has 17 heavy (non-hydrogen) atoms. The SMILES string of the molecule is Clc1ccc(C23C[C@@H]4CC(C[C@@H](C4)C2)O3)cc1. The molecule has 5 rings (SSSR count). The minimum Gasteiger partial charge on any atom is -0.367 e. The highest BCUT2D eigenvalue weighted by Gasteiger charge is 2.52. The zero-order valence-electron chi connectivity index (χ0n) is 9.86. The molecule has 2 heterocycles. The fraction of sp³-hybridized carbons (Fsp3) is 0.600. The van der Waals surface area contributed by atoms with E-state index in [-0.39, 0.29) is 5.60 Å². The Hall–Kier alpha value is -0.530. The second-order valence-electron chi connectivity index (χ2n) is 6.09. The third-order valence-corrected chi connectivity index (χ3v) is 5.11. The zero-order valence-corrected chi connectivity index (χ0v) is 10.6. The van der Waals surface area contributed by atoms with Crippen LogP contribution >= 0.6 is 11.6 Å². The molecule has 4 aliphatic rings. The van der Waals surface area contributed by atoms with Crippen molar-refractivity contribution in [3.8, 4) is 0 Å². The standard InChI is InChI=1S/C15H17ClO/c16-13-3-1-12(2-4-13)15-8-10-5-11(9-15)7-14(6-10)17-15/h1-4,10-11,14H,5-9H2/t10-,11+,14?,15?. The fourth-order valence-corrected chi connectivity index (χ4v) is 4.55. The average Bonchev–Trinajstić information content (AvgIpc) is 2.27. The first-order valence-corrected chi connectivity index (χ1v) is 7.05. The summed E-state index contributed by atoms with van der Waals surface area (Å²) in [5.41, 5.74) is 1.38. The van der Waals surface area contributed by atoms with Gasteiger partial charge < -0.3 is 4.74 Å². The van der Waals surface area contributed by atoms with Gasteiger partial charge in [0.25, 0.3) is 0 Å². The maximum Gasteiger partial charge on any atom is 0.0940 e. The number of hydrogen-bond acceptors (Lipinski definition) is 1. The summed E-state index contributed by atoms with van der Waals surface area (Å²) in [6.07, 6.45) is 7.01. The second-order valence-corrected chi connectivity index (χ2v) is 6.52. The van der Waals surface area contributed by atoms with Crippen LogP contribution in [0.2, 0.25) is 5.02 Å². The van der Waals surface area contributed by atoms with Gasteiger partial charge in [-0.15, -0.1) is 0 Å². The van der Waals surface area contributed by atoms with Crippen LogP contribution in [0.4, 0.5) is 0 Å². The van der Waals surface area contributed by atoms with Crippen LogP contribution in [0.5, 0.6) is 0 Å². The first-order chi connectivity index (χ1) is 8.23. The van der Waals surface area contributed by atoms with Crippen LogP contribution in [-0.4, -0.2) is 6.10 Å². The molecule has 2 aliphatic carbocycles. The number of ether oxygens (including phenoxy) is 1. The molecule has 0 amide bonds. The maximum atomic E-state index is 6.39. The third kappa shape index (κ3) is 1.56. The van der Waals surface area contributed by atoms with Gasteiger partial charge >= 0.3 is 0 Å². The summed E-state index contributed by atoms with van der Waals surface area (Å²) < 4.78 is 6.39. The largest absolute Gasteiger partial charge is 0.367 e. The molecular weight excluding hydrogens is 232 g/mol. The van der Waals surface area contributed by atoms with E-state index in [1.165, 1.54) is 37.7 Å². The quantitative estimate of drug-likeness (QED) is 0.726. The van der Waals surface area contributed by atoms with Crippen molar-refractivity contribution in [3.63, 3.8) is 0 Å². The molecular formula is C15H17ClO. The van der Waals surface area contributed by atoms with Crippen molar-refractivity contribution in [1.29, 1.82) is 0 Å². The Kier molecular flexibility index (Phi) is 2.13. The molecule has 2 unspecified atom stereocenters. The summed E-state index contributed by atoms with van der Waals surface area (Å²) in [6.45, 7) is 0. The lowest BCUT2D eigenvalue weighted by molar-refractivity contribution is -0.226. The van der Waals surface area contributed by atoms with E-state index >= 15 is 0 Å². The molecule has 0 spiro atoms. The molecule has 0 aromatic heterocycles. The predicted octanol–water partition coefficient (Wildman–Crippen LogP) is 4.14. The van der Waals surface area contributed by atoms with Crippen molar-refractivity contribution in [1.82, 2.24) is 0 Å². The van der Waals surface area contributed by atoms with Crippen LogP contribution in [0.1, 0.15) is 37.7 Å². The minimum absolute atomic E-state index is 0.0271. The Morgan fingerprint density at radius 2 is 1.65 bits per heavy atom. The van der Waals surface area contributed by atoms with Crippen molar-refractivity contribution in [2.24, 2.45) is 11.8 Å². The number of hydrogen-bond donors (Lipinski definition) is 0. The van der Waals surface area contributed by atoms with E-state index in [0.29, 0.717) is 6.10 Å². The molecule has 0 N–H and O–H groups in total. The van der Waals surface area contributed by atoms with Crippen LogP contribution in [0.15, 0.2) is 24.3 Å². The normalized spacial score (nSPS) is 43.0. The van der Waals surface area contributed by atoms with Crippen molar-refractivity contribution >= 4 is 11.6 Å². The van der Waals surface area contributed by atoms with Crippen molar-refractivity contribution < 1.29 is 4.74 Å². The highest BCUT2D eigenvalue weighted by molar-refractivity contribution is 6.30. The molecule has 90 valence electrons. The van der Waals surface area contributed by atoms with E-state index in [2.05, 4.69) is 12.1 Å². The zero-order chi connectivity index (χ0) is 11.5. The van der Waals surface area contributed by atoms with E-state index in [4.69, 9.17) is 16.3 Å². The summed E-state index contributed by atoms with van der Waals surface area (Å²) >= 11 is 5.98. The average molecular weight is 249 g/mol. The smallest absolute Gasteiger partial charge is 0.0940 e. The predicted molar refractivity (Wildman–Crippen MR) is 68.1 cm³/mol. The Bertz CT molecular complexity index is 401. The van der Waals surface area contributed by atoms with Gasteiger partial charge in [0.1, 0.15) is 0 Å². The van der Waals surface area contributed by atoms with Crippen LogP contribution in [0.25, 0.3) is 0 Å². The summed E-state index contributed by atoms with van der Waals surface area (Å²) in [5, 5.41) is 0.818. The van der Waals surface area contributed by atoms with E-state index in [0.717, 1.165) is 16.9 Å². The van der Waals surface area contributed by atoms with Gasteiger partial charge in [-0.1, -0.05) is 23.7 Å². The Balaban J connectivity index is 1.74. The van der Waals surface area contributed by atoms with Gasteiger partial charge in [0, 0.05) is 5.02 Å². The van der Waals surface area contributed by atoms with Gasteiger partial charge in [-0.25, -0.2) is 0 Å². The first-order valence-electron chi connectivity index (χ1n) is 6.67. The van der Waals surface area contributed by atoms with Gasteiger partial charge in [-0.05, 0) is 61.6 Å². The Morgan fingerprint density at radius 1 is 1.00 bits per heavy atom. The molecule has 2 aliphatic heterocycles. The molecule has 4 bridgehead atoms. The summed E-state index contributed by atoms with van der Waals surface area (Å²) in [7, 11) is 0. The minimum atomic E-state index is 0.0271. The lowest BCUT2D eigenvalue weighted by Gasteiger charge is -2.56. The topological polar surface area (TPSA) is 9.23 Å². The molecule has 2 heteroatoms. The van der Waals surface area contributed by atoms with E-state index in [1.807, 2.05) is 12.1 Å². The van der Waals surface area contributed by atoms with E-state index in [1.54, 1.807) is 0 Å². The third-order valence-electron chi connectivity index (χ3n) is 4.86. The molecule has 1 nitrogen and oxygen atoms in total. The van der Waals surface area contributed by atoms with Crippen molar-refractivity contribution in [2.45, 2.75) is 43.8 Å². The van der Waals surface area contributed by atoms with E-state index in [9.17, 15) is 0 Å². The van der Waals surface area contributed by atoms with Gasteiger partial charge in [-0.2, -0.15) is 0 Å². The molecule has 1 aromatic rings. The molecule has 2 saturated carbocycles. The van der Waals surface area contributed by atoms with Gasteiger partial charge in [-0.3, -0.25) is 0 Å². The Labute approximate surface area is 107 Å². The van der Waals surface area contributed by atoms with Crippen LogP contribution in [-0.2, 0) is 10.3 Å². The Morgan fingerprint density at radius 3 is 2.24 bits per heavy atom. The lowest BCUT2D eigenvalue weighted by atomic mass is 9.60. The first kappa shape index (κ1) is 10.4. The highest BCUT2D eigenvalue weighted by atomic mass is 35.5. The molecule has 1 aromatic carbocycles. The van der Waals surface area contributed by atoms with Crippen molar-refractivity contribution in [3.05, 3.63) is 34.9 Å². The summed E-state index contributed by atoms with van der Waals surface area (Å²) in [4.78, 5) is 0. The van der Waals surface area contributed by atoms with Crippen molar-refractivity contribution in [2.75, 3.05) is 0 Å². The van der Waals surface area contributed by atoms with Crippen LogP contribution in [0, 0.1) is 11.8 Å². The van der Waals surface area contributed by atoms with Gasteiger partial charge in [0.05, 0.1) is 11.7 Å². The van der Waals surface area contributed by atoms with Gasteiger partial charge in [0.15, 0.2) is 0 Å². The maximum absolute atomic E-state index is 6.39. The number of rotatable bonds is 1. The lowest BCUT2D eigenvalue weighted by Crippen LogP contribution is -2.52. The highest BCUT2D eigenvalue weighted by Crippen LogP contribution is 2.57. The van der Waals surface area contributed by atoms with Gasteiger partial charge in [0.2, 0.25) is 0 Å². The number of benzene rings is 1. The monoisotopic (exact) mass is 248 g/mol. The number of halogens is 1. The summed E-state index contributed by atoms with van der Waals surface area (Å²) in [5.74, 6) is 1.80. The van der Waals surface area contributed by atoms with Crippen LogP contribution < -0.4 is 0 Å². The summed E-state index contributed by atoms with van der Waals surface area (Å²) in [6, 6.07) is 8.32. The molecule has 0 radical (unpaired) electrons. The van der Waals surface area contributed by atoms with Crippen LogP contribution in [0.3, 0.4) is 0 Å². The van der Waals surface area contributed by atoms with E-state index < -0.39 is 0 Å².